The number of hydrogen-bond donors (Lipinski definition) is 1. The van der Waals surface area contributed by atoms with Gasteiger partial charge in [-0.25, -0.2) is 0 Å². The van der Waals surface area contributed by atoms with Gasteiger partial charge in [0.05, 0.1) is 19.5 Å². The van der Waals surface area contributed by atoms with E-state index in [1.165, 1.54) is 0 Å². The van der Waals surface area contributed by atoms with Crippen molar-refractivity contribution in [2.24, 2.45) is 5.73 Å². The molecule has 0 aromatic carbocycles. The smallest absolute Gasteiger partial charge is 0.133 e. The Kier molecular flexibility index (Phi) is 7.66. The number of methoxy groups -OCH3 is 1. The van der Waals surface area contributed by atoms with Crippen molar-refractivity contribution in [2.75, 3.05) is 33.5 Å². The third-order valence-corrected chi connectivity index (χ3v) is 2.30. The molecule has 0 bridgehead atoms. The van der Waals surface area contributed by atoms with Gasteiger partial charge in [0.1, 0.15) is 12.4 Å². The van der Waals surface area contributed by atoms with Gasteiger partial charge in [0, 0.05) is 32.4 Å². The highest BCUT2D eigenvalue weighted by Gasteiger charge is 2.03. The monoisotopic (exact) mass is 243 g/mol. The van der Waals surface area contributed by atoms with Gasteiger partial charge in [-0.05, 0) is 12.5 Å². The van der Waals surface area contributed by atoms with Gasteiger partial charge in [-0.3, -0.25) is 0 Å². The molecule has 1 rings (SSSR count). The highest BCUT2D eigenvalue weighted by atomic mass is 16.5. The Morgan fingerprint density at radius 2 is 2.00 bits per heavy atom. The Labute approximate surface area is 102 Å². The van der Waals surface area contributed by atoms with Gasteiger partial charge < -0.3 is 24.4 Å². The lowest BCUT2D eigenvalue weighted by Crippen LogP contribution is -2.07. The second kappa shape index (κ2) is 9.18. The molecule has 0 atom stereocenters. The molecule has 1 aromatic heterocycles. The number of nitrogens with two attached hydrogens (primary N) is 1. The van der Waals surface area contributed by atoms with Crippen LogP contribution in [-0.2, 0) is 27.4 Å². The molecule has 0 spiro atoms. The first-order valence-corrected chi connectivity index (χ1v) is 5.78. The molecular formula is C12H21NO4. The van der Waals surface area contributed by atoms with E-state index in [0.717, 1.165) is 24.4 Å². The molecule has 0 saturated carbocycles. The summed E-state index contributed by atoms with van der Waals surface area (Å²) < 4.78 is 20.9. The molecule has 1 heterocycles. The molecule has 5 nitrogen and oxygen atoms in total. The van der Waals surface area contributed by atoms with Crippen molar-refractivity contribution in [3.8, 4) is 0 Å². The van der Waals surface area contributed by atoms with E-state index >= 15 is 0 Å². The Morgan fingerprint density at radius 1 is 1.18 bits per heavy atom. The topological polar surface area (TPSA) is 66.8 Å². The normalized spacial score (nSPS) is 10.9. The molecule has 17 heavy (non-hydrogen) atoms. The number of hydrogen-bond acceptors (Lipinski definition) is 5. The first-order chi connectivity index (χ1) is 8.38. The minimum atomic E-state index is 0.445. The first kappa shape index (κ1) is 14.2. The van der Waals surface area contributed by atoms with E-state index in [1.807, 2.05) is 6.07 Å². The molecule has 0 aliphatic heterocycles. The van der Waals surface area contributed by atoms with Crippen LogP contribution in [-0.4, -0.2) is 33.5 Å². The van der Waals surface area contributed by atoms with Crippen molar-refractivity contribution >= 4 is 0 Å². The fraction of sp³-hybridized carbons (Fsp3) is 0.667. The lowest BCUT2D eigenvalue weighted by Gasteiger charge is -2.05. The van der Waals surface area contributed by atoms with Crippen molar-refractivity contribution < 1.29 is 18.6 Å². The Hall–Kier alpha value is -0.880. The van der Waals surface area contributed by atoms with Gasteiger partial charge >= 0.3 is 0 Å². The lowest BCUT2D eigenvalue weighted by molar-refractivity contribution is 0.0284. The van der Waals surface area contributed by atoms with Crippen LogP contribution in [0.25, 0.3) is 0 Å². The van der Waals surface area contributed by atoms with E-state index < -0.39 is 0 Å². The molecule has 5 heteroatoms. The summed E-state index contributed by atoms with van der Waals surface area (Å²) in [5.41, 5.74) is 6.53. The lowest BCUT2D eigenvalue weighted by atomic mass is 10.2. The molecule has 2 N–H and O–H groups in total. The summed E-state index contributed by atoms with van der Waals surface area (Å²) in [5, 5.41) is 0. The van der Waals surface area contributed by atoms with Gasteiger partial charge in [0.25, 0.3) is 0 Å². The maximum Gasteiger partial charge on any atom is 0.133 e. The summed E-state index contributed by atoms with van der Waals surface area (Å²) in [7, 11) is 1.68. The number of rotatable bonds is 10. The maximum absolute atomic E-state index is 5.54. The summed E-state index contributed by atoms with van der Waals surface area (Å²) in [6, 6.07) is 1.86. The molecular weight excluding hydrogens is 222 g/mol. The van der Waals surface area contributed by atoms with Crippen LogP contribution in [0.2, 0.25) is 0 Å². The number of ether oxygens (including phenoxy) is 3. The molecule has 1 aromatic rings. The average Bonchev–Trinajstić information content (AvgIpc) is 2.80. The summed E-state index contributed by atoms with van der Waals surface area (Å²) in [6.07, 6.45) is 2.54. The Morgan fingerprint density at radius 3 is 2.76 bits per heavy atom. The molecule has 0 radical (unpaired) electrons. The minimum absolute atomic E-state index is 0.445. The van der Waals surface area contributed by atoms with Gasteiger partial charge in [-0.15, -0.1) is 0 Å². The van der Waals surface area contributed by atoms with E-state index in [9.17, 15) is 0 Å². The van der Waals surface area contributed by atoms with E-state index in [0.29, 0.717) is 33.0 Å². The van der Waals surface area contributed by atoms with Crippen LogP contribution in [0, 0.1) is 0 Å². The van der Waals surface area contributed by atoms with Crippen molar-refractivity contribution in [1.82, 2.24) is 0 Å². The predicted octanol–water partition coefficient (Wildman–Crippen LogP) is 1.31. The highest BCUT2D eigenvalue weighted by molar-refractivity contribution is 5.15. The second-order valence-electron chi connectivity index (χ2n) is 3.58. The van der Waals surface area contributed by atoms with Crippen LogP contribution in [0.3, 0.4) is 0 Å². The summed E-state index contributed by atoms with van der Waals surface area (Å²) in [6.45, 7) is 3.49. The quantitative estimate of drug-likeness (QED) is 0.627. The van der Waals surface area contributed by atoms with Crippen LogP contribution in [0.1, 0.15) is 17.7 Å². The van der Waals surface area contributed by atoms with Crippen molar-refractivity contribution in [1.29, 1.82) is 0 Å². The van der Waals surface area contributed by atoms with Crippen LogP contribution in [0.15, 0.2) is 16.7 Å². The fourth-order valence-corrected chi connectivity index (χ4v) is 1.37. The average molecular weight is 243 g/mol. The molecule has 0 saturated heterocycles. The van der Waals surface area contributed by atoms with Crippen molar-refractivity contribution in [2.45, 2.75) is 19.6 Å². The maximum atomic E-state index is 5.54. The van der Waals surface area contributed by atoms with Crippen LogP contribution in [0.4, 0.5) is 0 Å². The fourth-order valence-electron chi connectivity index (χ4n) is 1.37. The van der Waals surface area contributed by atoms with Crippen LogP contribution < -0.4 is 5.73 Å². The largest absolute Gasteiger partial charge is 0.467 e. The molecule has 0 unspecified atom stereocenters. The van der Waals surface area contributed by atoms with E-state index in [-0.39, 0.29) is 0 Å². The minimum Gasteiger partial charge on any atom is -0.467 e. The predicted molar refractivity (Wildman–Crippen MR) is 63.6 cm³/mol. The Bertz CT molecular complexity index is 288. The molecule has 0 fully saturated rings. The van der Waals surface area contributed by atoms with Gasteiger partial charge in [-0.2, -0.15) is 0 Å². The number of furan rings is 1. The molecule has 0 aliphatic rings. The third kappa shape index (κ3) is 5.83. The van der Waals surface area contributed by atoms with Crippen LogP contribution >= 0.6 is 0 Å². The molecule has 0 aliphatic carbocycles. The second-order valence-corrected chi connectivity index (χ2v) is 3.58. The Balaban J connectivity index is 1.97. The van der Waals surface area contributed by atoms with E-state index in [4.69, 9.17) is 24.4 Å². The zero-order chi connectivity index (χ0) is 12.3. The molecule has 0 amide bonds. The van der Waals surface area contributed by atoms with Gasteiger partial charge in [0.15, 0.2) is 0 Å². The van der Waals surface area contributed by atoms with Crippen molar-refractivity contribution in [3.05, 3.63) is 23.7 Å². The summed E-state index contributed by atoms with van der Waals surface area (Å²) in [4.78, 5) is 0. The van der Waals surface area contributed by atoms with Gasteiger partial charge in [0.2, 0.25) is 0 Å². The highest BCUT2D eigenvalue weighted by Crippen LogP contribution is 2.10. The first-order valence-electron chi connectivity index (χ1n) is 5.78. The third-order valence-electron chi connectivity index (χ3n) is 2.30. The van der Waals surface area contributed by atoms with Crippen LogP contribution in [0.5, 0.6) is 0 Å². The van der Waals surface area contributed by atoms with Crippen molar-refractivity contribution in [3.63, 3.8) is 0 Å². The summed E-state index contributed by atoms with van der Waals surface area (Å²) >= 11 is 0. The van der Waals surface area contributed by atoms with E-state index in [1.54, 1.807) is 13.4 Å². The standard InChI is InChI=1S/C12H21NO4/c1-14-4-2-5-15-7-8-16-10-12-11(9-13)3-6-17-12/h3,6H,2,4-5,7-10,13H2,1H3. The SMILES string of the molecule is COCCCOCCOCc1occc1CN. The molecule has 98 valence electrons. The summed E-state index contributed by atoms with van der Waals surface area (Å²) in [5.74, 6) is 0.798. The van der Waals surface area contributed by atoms with E-state index in [2.05, 4.69) is 0 Å². The zero-order valence-corrected chi connectivity index (χ0v) is 10.3. The zero-order valence-electron chi connectivity index (χ0n) is 10.3. The van der Waals surface area contributed by atoms with Gasteiger partial charge in [-0.1, -0.05) is 0 Å².